The average molecular weight is 473 g/mol. The predicted molar refractivity (Wildman–Crippen MR) is 125 cm³/mol. The maximum atomic E-state index is 12.9. The molecule has 7 nitrogen and oxygen atoms in total. The Bertz CT molecular complexity index is 1360. The number of hydrogen-bond donors (Lipinski definition) is 0. The lowest BCUT2D eigenvalue weighted by molar-refractivity contribution is 0.0526. The van der Waals surface area contributed by atoms with Gasteiger partial charge in [0.2, 0.25) is 0 Å². The highest BCUT2D eigenvalue weighted by atomic mass is 32.2. The van der Waals surface area contributed by atoms with E-state index in [2.05, 4.69) is 11.6 Å². The van der Waals surface area contributed by atoms with Gasteiger partial charge in [-0.1, -0.05) is 23.5 Å². The van der Waals surface area contributed by atoms with Crippen LogP contribution in [0.15, 0.2) is 65.0 Å². The molecule has 0 saturated carbocycles. The number of hydrogen-bond acceptors (Lipinski definition) is 6. The maximum absolute atomic E-state index is 12.9. The van der Waals surface area contributed by atoms with Crippen LogP contribution in [0.2, 0.25) is 0 Å². The van der Waals surface area contributed by atoms with Crippen LogP contribution in [0.4, 0.5) is 0 Å². The van der Waals surface area contributed by atoms with Crippen LogP contribution in [0.1, 0.15) is 41.5 Å². The number of sulfone groups is 1. The lowest BCUT2D eigenvalue weighted by Crippen LogP contribution is -2.17. The molecule has 0 N–H and O–H groups in total. The van der Waals surface area contributed by atoms with Gasteiger partial charge < -0.3 is 9.30 Å². The first-order valence-electron chi connectivity index (χ1n) is 10.0. The molecule has 1 aromatic heterocycles. The quantitative estimate of drug-likeness (QED) is 0.383. The summed E-state index contributed by atoms with van der Waals surface area (Å²) in [5.41, 5.74) is 1.39. The van der Waals surface area contributed by atoms with Crippen LogP contribution in [-0.2, 0) is 21.1 Å². The molecule has 0 unspecified atom stereocenters. The van der Waals surface area contributed by atoms with Crippen LogP contribution >= 0.6 is 11.3 Å². The number of amides is 1. The van der Waals surface area contributed by atoms with E-state index in [1.54, 1.807) is 45.0 Å². The van der Waals surface area contributed by atoms with Crippen molar-refractivity contribution in [2.24, 2.45) is 4.99 Å². The molecule has 0 aliphatic carbocycles. The highest BCUT2D eigenvalue weighted by Crippen LogP contribution is 2.21. The predicted octanol–water partition coefficient (Wildman–Crippen LogP) is 3.99. The Kier molecular flexibility index (Phi) is 7.10. The number of thiazole rings is 1. The van der Waals surface area contributed by atoms with E-state index in [1.807, 2.05) is 4.57 Å². The summed E-state index contributed by atoms with van der Waals surface area (Å²) in [7, 11) is -3.51. The fourth-order valence-corrected chi connectivity index (χ4v) is 5.22. The molecule has 32 heavy (non-hydrogen) atoms. The second kappa shape index (κ2) is 9.62. The van der Waals surface area contributed by atoms with Crippen LogP contribution in [0, 0.1) is 0 Å². The second-order valence-electron chi connectivity index (χ2n) is 7.23. The summed E-state index contributed by atoms with van der Waals surface area (Å²) >= 11 is 1.25. The topological polar surface area (TPSA) is 94.8 Å². The van der Waals surface area contributed by atoms with E-state index in [9.17, 15) is 18.0 Å². The van der Waals surface area contributed by atoms with Gasteiger partial charge in [-0.05, 0) is 57.2 Å². The smallest absolute Gasteiger partial charge is 0.338 e. The number of esters is 1. The normalized spacial score (nSPS) is 12.3. The van der Waals surface area contributed by atoms with Crippen LogP contribution in [0.5, 0.6) is 0 Å². The SMILES string of the molecule is C=CCn1c(=NC(=O)c2cccc(S(=O)(=O)C(C)C)c2)sc2cc(C(=O)OCC)ccc21. The number of ether oxygens (including phenoxy) is 1. The average Bonchev–Trinajstić information content (AvgIpc) is 3.10. The maximum Gasteiger partial charge on any atom is 0.338 e. The van der Waals surface area contributed by atoms with Gasteiger partial charge in [-0.3, -0.25) is 4.79 Å². The van der Waals surface area contributed by atoms with Crippen molar-refractivity contribution in [3.8, 4) is 0 Å². The van der Waals surface area contributed by atoms with Gasteiger partial charge in [0.25, 0.3) is 5.91 Å². The van der Waals surface area contributed by atoms with Crippen molar-refractivity contribution >= 4 is 43.3 Å². The third kappa shape index (κ3) is 4.73. The van der Waals surface area contributed by atoms with Crippen LogP contribution in [0.25, 0.3) is 10.2 Å². The summed E-state index contributed by atoms with van der Waals surface area (Å²) in [5, 5.41) is -0.601. The third-order valence-corrected chi connectivity index (χ3v) is 7.93. The number of carbonyl (C=O) groups is 2. The van der Waals surface area contributed by atoms with Crippen molar-refractivity contribution in [3.63, 3.8) is 0 Å². The Morgan fingerprint density at radius 1 is 1.19 bits per heavy atom. The Labute approximate surface area is 190 Å². The number of nitrogens with zero attached hydrogens (tertiary/aromatic N) is 2. The minimum Gasteiger partial charge on any atom is -0.462 e. The number of aromatic nitrogens is 1. The van der Waals surface area contributed by atoms with Gasteiger partial charge in [0, 0.05) is 12.1 Å². The van der Waals surface area contributed by atoms with E-state index >= 15 is 0 Å². The van der Waals surface area contributed by atoms with Crippen LogP contribution in [-0.4, -0.2) is 36.7 Å². The van der Waals surface area contributed by atoms with Crippen molar-refractivity contribution in [1.29, 1.82) is 0 Å². The molecule has 3 aromatic rings. The van der Waals surface area contributed by atoms with Gasteiger partial charge in [-0.25, -0.2) is 13.2 Å². The third-order valence-electron chi connectivity index (χ3n) is 4.73. The van der Waals surface area contributed by atoms with Crippen molar-refractivity contribution in [3.05, 3.63) is 71.0 Å². The Hall–Kier alpha value is -3.04. The van der Waals surface area contributed by atoms with Gasteiger partial charge in [0.1, 0.15) is 0 Å². The minimum atomic E-state index is -3.51. The Morgan fingerprint density at radius 2 is 1.94 bits per heavy atom. The van der Waals surface area contributed by atoms with Crippen molar-refractivity contribution in [2.75, 3.05) is 6.61 Å². The largest absolute Gasteiger partial charge is 0.462 e. The summed E-state index contributed by atoms with van der Waals surface area (Å²) in [6.45, 7) is 9.37. The Morgan fingerprint density at radius 3 is 2.59 bits per heavy atom. The molecule has 0 fully saturated rings. The summed E-state index contributed by atoms with van der Waals surface area (Å²) in [6.07, 6.45) is 1.69. The van der Waals surface area contributed by atoms with Crippen LogP contribution < -0.4 is 4.80 Å². The van der Waals surface area contributed by atoms with Gasteiger partial charge in [0.15, 0.2) is 14.6 Å². The standard InChI is InChI=1S/C23H24N2O5S2/c1-5-12-25-19-11-10-17(22(27)30-6-2)14-20(19)31-23(25)24-21(26)16-8-7-9-18(13-16)32(28,29)15(3)4/h5,7-11,13-15H,1,6,12H2,2-4H3. The monoisotopic (exact) mass is 472 g/mol. The lowest BCUT2D eigenvalue weighted by atomic mass is 10.2. The van der Waals surface area contributed by atoms with E-state index < -0.39 is 27.0 Å². The molecule has 0 atom stereocenters. The highest BCUT2D eigenvalue weighted by molar-refractivity contribution is 7.92. The first kappa shape index (κ1) is 23.6. The number of carbonyl (C=O) groups excluding carboxylic acids is 2. The molecule has 1 amide bonds. The van der Waals surface area contributed by atoms with E-state index in [4.69, 9.17) is 4.74 Å². The molecule has 9 heteroatoms. The number of fused-ring (bicyclic) bond motifs is 1. The van der Waals surface area contributed by atoms with Gasteiger partial charge in [-0.2, -0.15) is 4.99 Å². The molecule has 2 aromatic carbocycles. The van der Waals surface area contributed by atoms with E-state index in [1.165, 1.54) is 35.6 Å². The van der Waals surface area contributed by atoms with Crippen LogP contribution in [0.3, 0.4) is 0 Å². The molecule has 0 aliphatic heterocycles. The number of rotatable bonds is 7. The summed E-state index contributed by atoms with van der Waals surface area (Å²) in [5.74, 6) is -0.975. The van der Waals surface area contributed by atoms with Gasteiger partial charge in [-0.15, -0.1) is 6.58 Å². The van der Waals surface area contributed by atoms with E-state index in [0.29, 0.717) is 16.9 Å². The first-order chi connectivity index (χ1) is 15.2. The fourth-order valence-electron chi connectivity index (χ4n) is 3.04. The molecular weight excluding hydrogens is 448 g/mol. The second-order valence-corrected chi connectivity index (χ2v) is 10.7. The minimum absolute atomic E-state index is 0.0861. The molecule has 0 bridgehead atoms. The van der Waals surface area contributed by atoms with Crippen molar-refractivity contribution in [1.82, 2.24) is 4.57 Å². The Balaban J connectivity index is 2.09. The number of benzene rings is 2. The zero-order valence-corrected chi connectivity index (χ0v) is 19.7. The fraction of sp³-hybridized carbons (Fsp3) is 0.261. The molecule has 0 aliphatic rings. The van der Waals surface area contributed by atoms with Crippen molar-refractivity contribution in [2.45, 2.75) is 37.5 Å². The van der Waals surface area contributed by atoms with Gasteiger partial charge >= 0.3 is 5.97 Å². The summed E-state index contributed by atoms with van der Waals surface area (Å²) < 4.78 is 32.6. The molecule has 0 spiro atoms. The summed E-state index contributed by atoms with van der Waals surface area (Å²) in [6, 6.07) is 11.0. The summed E-state index contributed by atoms with van der Waals surface area (Å²) in [4.78, 5) is 29.7. The van der Waals surface area contributed by atoms with E-state index in [0.717, 1.165) is 10.2 Å². The van der Waals surface area contributed by atoms with E-state index in [-0.39, 0.29) is 17.1 Å². The zero-order valence-electron chi connectivity index (χ0n) is 18.1. The molecular formula is C23H24N2O5S2. The number of allylic oxidation sites excluding steroid dienone is 1. The molecule has 1 heterocycles. The molecule has 0 saturated heterocycles. The highest BCUT2D eigenvalue weighted by Gasteiger charge is 2.20. The molecule has 168 valence electrons. The van der Waals surface area contributed by atoms with Gasteiger partial charge in [0.05, 0.1) is 32.5 Å². The zero-order chi connectivity index (χ0) is 23.5. The first-order valence-corrected chi connectivity index (χ1v) is 12.4. The lowest BCUT2D eigenvalue weighted by Gasteiger charge is -2.08. The molecule has 3 rings (SSSR count). The van der Waals surface area contributed by atoms with Crippen molar-refractivity contribution < 1.29 is 22.7 Å². The molecule has 0 radical (unpaired) electrons.